The lowest BCUT2D eigenvalue weighted by atomic mass is 10.1. The van der Waals surface area contributed by atoms with Crippen molar-refractivity contribution in [2.24, 2.45) is 0 Å². The third-order valence-electron chi connectivity index (χ3n) is 5.75. The number of aliphatic hydroxyl groups is 1. The summed E-state index contributed by atoms with van der Waals surface area (Å²) >= 11 is 0. The van der Waals surface area contributed by atoms with Crippen LogP contribution in [0.25, 0.3) is 0 Å². The average Bonchev–Trinajstić information content (AvgIpc) is 2.78. The summed E-state index contributed by atoms with van der Waals surface area (Å²) in [6.07, 6.45) is 10.5. The Morgan fingerprint density at radius 2 is 1.74 bits per heavy atom. The lowest BCUT2D eigenvalue weighted by molar-refractivity contribution is 0.0645. The maximum absolute atomic E-state index is 10.5. The lowest BCUT2D eigenvalue weighted by Crippen LogP contribution is -2.37. The maximum atomic E-state index is 10.5. The molecule has 170 valence electrons. The summed E-state index contributed by atoms with van der Waals surface area (Å²) in [4.78, 5) is 6.41. The van der Waals surface area contributed by atoms with Crippen LogP contribution < -0.4 is 14.8 Å². The Labute approximate surface area is 186 Å². The van der Waals surface area contributed by atoms with Crippen LogP contribution in [-0.4, -0.2) is 61.0 Å². The van der Waals surface area contributed by atoms with Crippen LogP contribution in [0.2, 0.25) is 0 Å². The zero-order valence-corrected chi connectivity index (χ0v) is 18.8. The molecule has 1 atom stereocenters. The number of benzene rings is 1. The fourth-order valence-corrected chi connectivity index (χ4v) is 3.99. The first kappa shape index (κ1) is 23.5. The Bertz CT molecular complexity index is 749. The Morgan fingerprint density at radius 1 is 1.00 bits per heavy atom. The van der Waals surface area contributed by atoms with Crippen molar-refractivity contribution in [1.29, 1.82) is 0 Å². The van der Waals surface area contributed by atoms with E-state index in [9.17, 15) is 5.11 Å². The molecule has 3 rings (SSSR count). The van der Waals surface area contributed by atoms with Gasteiger partial charge in [-0.3, -0.25) is 4.98 Å². The Balaban J connectivity index is 1.42. The first-order chi connectivity index (χ1) is 15.2. The molecule has 1 aromatic heterocycles. The number of hydrogen-bond donors (Lipinski definition) is 2. The predicted octanol–water partition coefficient (Wildman–Crippen LogP) is 3.43. The van der Waals surface area contributed by atoms with Crippen molar-refractivity contribution in [1.82, 2.24) is 15.2 Å². The molecule has 0 aliphatic carbocycles. The molecule has 1 aliphatic rings. The number of aliphatic hydroxyl groups excluding tert-OH is 1. The second-order valence-electron chi connectivity index (χ2n) is 8.30. The summed E-state index contributed by atoms with van der Waals surface area (Å²) < 4.78 is 11.4. The van der Waals surface area contributed by atoms with Crippen LogP contribution in [0.4, 0.5) is 0 Å². The van der Waals surface area contributed by atoms with Gasteiger partial charge in [0.05, 0.1) is 7.11 Å². The molecule has 1 saturated heterocycles. The van der Waals surface area contributed by atoms with Gasteiger partial charge >= 0.3 is 0 Å². The largest absolute Gasteiger partial charge is 0.493 e. The van der Waals surface area contributed by atoms with Gasteiger partial charge in [0, 0.05) is 25.5 Å². The average molecular weight is 428 g/mol. The molecule has 6 nitrogen and oxygen atoms in total. The van der Waals surface area contributed by atoms with Gasteiger partial charge in [-0.15, -0.1) is 0 Å². The van der Waals surface area contributed by atoms with Crippen LogP contribution in [0.3, 0.4) is 0 Å². The van der Waals surface area contributed by atoms with Crippen molar-refractivity contribution in [3.8, 4) is 11.5 Å². The molecule has 1 aliphatic heterocycles. The molecule has 31 heavy (non-hydrogen) atoms. The molecule has 0 radical (unpaired) electrons. The van der Waals surface area contributed by atoms with E-state index < -0.39 is 6.10 Å². The molecular formula is C25H37N3O3. The van der Waals surface area contributed by atoms with E-state index >= 15 is 0 Å². The highest BCUT2D eigenvalue weighted by Gasteiger charge is 2.15. The van der Waals surface area contributed by atoms with Gasteiger partial charge in [0.15, 0.2) is 11.5 Å². The molecule has 2 heterocycles. The van der Waals surface area contributed by atoms with Crippen LogP contribution >= 0.6 is 0 Å². The standard InChI is InChI=1S/C25H37N3O3/c1-30-25-17-22(18-27-14-11-21-9-12-26-13-10-21)7-8-24(25)31-20-23(29)19-28-15-5-3-2-4-6-16-28/h7-10,12-13,17,23,27,29H,2-6,11,14-16,18-20H2,1H3/t23-/m0/s1. The van der Waals surface area contributed by atoms with Gasteiger partial charge < -0.3 is 24.8 Å². The van der Waals surface area contributed by atoms with Gasteiger partial charge in [0.2, 0.25) is 0 Å². The van der Waals surface area contributed by atoms with Crippen molar-refractivity contribution >= 4 is 0 Å². The molecule has 0 spiro atoms. The monoisotopic (exact) mass is 427 g/mol. The molecular weight excluding hydrogens is 390 g/mol. The number of likely N-dealkylation sites (tertiary alicyclic amines) is 1. The smallest absolute Gasteiger partial charge is 0.161 e. The van der Waals surface area contributed by atoms with Gasteiger partial charge in [-0.05, 0) is 74.3 Å². The van der Waals surface area contributed by atoms with E-state index in [1.54, 1.807) is 7.11 Å². The topological polar surface area (TPSA) is 66.8 Å². The Kier molecular flexibility index (Phi) is 10.1. The van der Waals surface area contributed by atoms with E-state index in [0.29, 0.717) is 18.0 Å². The minimum atomic E-state index is -0.501. The summed E-state index contributed by atoms with van der Waals surface area (Å²) in [6.45, 7) is 4.75. The van der Waals surface area contributed by atoms with E-state index in [-0.39, 0.29) is 6.61 Å². The summed E-state index contributed by atoms with van der Waals surface area (Å²) in [5.74, 6) is 1.38. The van der Waals surface area contributed by atoms with E-state index in [1.165, 1.54) is 37.7 Å². The van der Waals surface area contributed by atoms with Crippen molar-refractivity contribution < 1.29 is 14.6 Å². The molecule has 1 fully saturated rings. The van der Waals surface area contributed by atoms with E-state index in [4.69, 9.17) is 9.47 Å². The van der Waals surface area contributed by atoms with Gasteiger partial charge in [-0.2, -0.15) is 0 Å². The van der Waals surface area contributed by atoms with Gasteiger partial charge in [-0.25, -0.2) is 0 Å². The van der Waals surface area contributed by atoms with Crippen molar-refractivity contribution in [3.63, 3.8) is 0 Å². The zero-order valence-electron chi connectivity index (χ0n) is 18.8. The number of nitrogens with zero attached hydrogens (tertiary/aromatic N) is 2. The summed E-state index contributed by atoms with van der Waals surface area (Å²) in [5.41, 5.74) is 2.42. The SMILES string of the molecule is COc1cc(CNCCc2ccncc2)ccc1OC[C@@H](O)CN1CCCCCCC1. The molecule has 0 saturated carbocycles. The molecule has 2 N–H and O–H groups in total. The number of ether oxygens (including phenoxy) is 2. The third-order valence-corrected chi connectivity index (χ3v) is 5.75. The van der Waals surface area contributed by atoms with Crippen LogP contribution in [0.15, 0.2) is 42.7 Å². The minimum absolute atomic E-state index is 0.274. The number of aromatic nitrogens is 1. The lowest BCUT2D eigenvalue weighted by Gasteiger charge is -2.26. The Hall–Kier alpha value is -2.15. The second kappa shape index (κ2) is 13.3. The van der Waals surface area contributed by atoms with Crippen LogP contribution in [-0.2, 0) is 13.0 Å². The van der Waals surface area contributed by atoms with Crippen molar-refractivity contribution in [2.45, 2.75) is 51.2 Å². The quantitative estimate of drug-likeness (QED) is 0.536. The van der Waals surface area contributed by atoms with Crippen molar-refractivity contribution in [3.05, 3.63) is 53.9 Å². The fourth-order valence-electron chi connectivity index (χ4n) is 3.99. The van der Waals surface area contributed by atoms with Crippen LogP contribution in [0.1, 0.15) is 43.2 Å². The maximum Gasteiger partial charge on any atom is 0.161 e. The van der Waals surface area contributed by atoms with E-state index in [1.807, 2.05) is 42.7 Å². The number of rotatable bonds is 11. The highest BCUT2D eigenvalue weighted by molar-refractivity contribution is 5.43. The molecule has 0 amide bonds. The molecule has 2 aromatic rings. The van der Waals surface area contributed by atoms with Gasteiger partial charge in [0.1, 0.15) is 12.7 Å². The van der Waals surface area contributed by atoms with Gasteiger partial charge in [0.25, 0.3) is 0 Å². The summed E-state index contributed by atoms with van der Waals surface area (Å²) in [6, 6.07) is 10.1. The number of methoxy groups -OCH3 is 1. The number of nitrogens with one attached hydrogen (secondary N) is 1. The summed E-state index contributed by atoms with van der Waals surface area (Å²) in [5, 5.41) is 13.9. The molecule has 6 heteroatoms. The van der Waals surface area contributed by atoms with Crippen molar-refractivity contribution in [2.75, 3.05) is 39.9 Å². The van der Waals surface area contributed by atoms with Gasteiger partial charge in [-0.1, -0.05) is 25.3 Å². The summed E-state index contributed by atoms with van der Waals surface area (Å²) in [7, 11) is 1.65. The fraction of sp³-hybridized carbons (Fsp3) is 0.560. The normalized spacial score (nSPS) is 16.3. The first-order valence-electron chi connectivity index (χ1n) is 11.5. The van der Waals surface area contributed by atoms with Crippen LogP contribution in [0, 0.1) is 0 Å². The van der Waals surface area contributed by atoms with E-state index in [2.05, 4.69) is 15.2 Å². The number of β-amino-alcohol motifs (C(OH)–C–C–N with tert-alkyl or cyclic N) is 1. The number of hydrogen-bond acceptors (Lipinski definition) is 6. The Morgan fingerprint density at radius 3 is 2.48 bits per heavy atom. The van der Waals surface area contributed by atoms with E-state index in [0.717, 1.165) is 38.2 Å². The minimum Gasteiger partial charge on any atom is -0.493 e. The zero-order chi connectivity index (χ0) is 21.7. The highest BCUT2D eigenvalue weighted by Crippen LogP contribution is 2.28. The third kappa shape index (κ3) is 8.48. The molecule has 0 bridgehead atoms. The predicted molar refractivity (Wildman–Crippen MR) is 124 cm³/mol. The molecule has 1 aromatic carbocycles. The number of pyridine rings is 1. The second-order valence-corrected chi connectivity index (χ2v) is 8.30. The highest BCUT2D eigenvalue weighted by atomic mass is 16.5. The first-order valence-corrected chi connectivity index (χ1v) is 11.5. The molecule has 0 unspecified atom stereocenters. The van der Waals surface area contributed by atoms with Crippen LogP contribution in [0.5, 0.6) is 11.5 Å².